The van der Waals surface area contributed by atoms with Crippen molar-refractivity contribution in [3.8, 4) is 5.82 Å². The largest absolute Gasteiger partial charge is 0.368 e. The van der Waals surface area contributed by atoms with Gasteiger partial charge in [0.2, 0.25) is 11.9 Å². The fraction of sp³-hybridized carbons (Fsp3) is 0.143. The van der Waals surface area contributed by atoms with Crippen molar-refractivity contribution in [3.63, 3.8) is 0 Å². The summed E-state index contributed by atoms with van der Waals surface area (Å²) in [7, 11) is 0. The SMILES string of the molecule is CCCc1ccc(Nc2nc(N)n(-c3cc(Nc4ccccc4)ncn3)n2)cc1. The van der Waals surface area contributed by atoms with E-state index in [0.29, 0.717) is 17.6 Å². The number of aryl methyl sites for hydroxylation is 1. The van der Waals surface area contributed by atoms with Gasteiger partial charge in [0, 0.05) is 17.4 Å². The summed E-state index contributed by atoms with van der Waals surface area (Å²) in [6.07, 6.45) is 3.64. The van der Waals surface area contributed by atoms with Gasteiger partial charge in [0.25, 0.3) is 0 Å². The zero-order valence-electron chi connectivity index (χ0n) is 16.1. The molecule has 0 amide bonds. The second kappa shape index (κ2) is 8.39. The van der Waals surface area contributed by atoms with Gasteiger partial charge in [0.1, 0.15) is 12.1 Å². The molecule has 2 aromatic carbocycles. The number of nitrogens with one attached hydrogen (secondary N) is 2. The number of benzene rings is 2. The van der Waals surface area contributed by atoms with Crippen molar-refractivity contribution in [1.29, 1.82) is 0 Å². The van der Waals surface area contributed by atoms with Gasteiger partial charge in [0.15, 0.2) is 5.82 Å². The first-order valence-electron chi connectivity index (χ1n) is 9.44. The summed E-state index contributed by atoms with van der Waals surface area (Å²) in [5, 5.41) is 10.8. The van der Waals surface area contributed by atoms with Crippen LogP contribution in [0.1, 0.15) is 18.9 Å². The normalized spacial score (nSPS) is 10.7. The standard InChI is InChI=1S/C21H22N8/c1-2-6-15-9-11-17(12-10-15)26-21-27-20(22)29(28-21)19-13-18(23-14-24-19)25-16-7-4-3-5-8-16/h3-5,7-14H,2,6H2,1H3,(H,23,24,25)(H3,22,26,27,28). The van der Waals surface area contributed by atoms with Crippen LogP contribution in [-0.2, 0) is 6.42 Å². The van der Waals surface area contributed by atoms with Crippen LogP contribution in [0, 0.1) is 0 Å². The maximum absolute atomic E-state index is 6.06. The maximum Gasteiger partial charge on any atom is 0.248 e. The Kier molecular flexibility index (Phi) is 5.33. The Morgan fingerprint density at radius 2 is 1.69 bits per heavy atom. The minimum atomic E-state index is 0.236. The third-order valence-corrected chi connectivity index (χ3v) is 4.30. The number of para-hydroxylation sites is 1. The number of rotatable bonds is 7. The summed E-state index contributed by atoms with van der Waals surface area (Å²) < 4.78 is 1.48. The lowest BCUT2D eigenvalue weighted by atomic mass is 10.1. The van der Waals surface area contributed by atoms with Crippen molar-refractivity contribution in [2.45, 2.75) is 19.8 Å². The fourth-order valence-corrected chi connectivity index (χ4v) is 2.92. The van der Waals surface area contributed by atoms with Gasteiger partial charge in [-0.3, -0.25) is 0 Å². The molecule has 4 N–H and O–H groups in total. The van der Waals surface area contributed by atoms with Crippen LogP contribution in [0.3, 0.4) is 0 Å². The van der Waals surface area contributed by atoms with Crippen LogP contribution in [0.2, 0.25) is 0 Å². The van der Waals surface area contributed by atoms with Crippen LogP contribution in [0.4, 0.5) is 29.1 Å². The van der Waals surface area contributed by atoms with Crippen LogP contribution < -0.4 is 16.4 Å². The number of nitrogens with two attached hydrogens (primary N) is 1. The maximum atomic E-state index is 6.06. The van der Waals surface area contributed by atoms with Crippen molar-refractivity contribution in [1.82, 2.24) is 24.7 Å². The first-order chi connectivity index (χ1) is 14.2. The minimum absolute atomic E-state index is 0.236. The molecule has 8 nitrogen and oxygen atoms in total. The molecule has 29 heavy (non-hydrogen) atoms. The third kappa shape index (κ3) is 4.49. The fourth-order valence-electron chi connectivity index (χ4n) is 2.92. The number of anilines is 5. The van der Waals surface area contributed by atoms with Crippen molar-refractivity contribution in [3.05, 3.63) is 72.6 Å². The van der Waals surface area contributed by atoms with E-state index in [2.05, 4.69) is 49.7 Å². The highest BCUT2D eigenvalue weighted by molar-refractivity contribution is 5.58. The van der Waals surface area contributed by atoms with E-state index in [9.17, 15) is 0 Å². The Hall–Kier alpha value is -3.94. The highest BCUT2D eigenvalue weighted by atomic mass is 15.4. The minimum Gasteiger partial charge on any atom is -0.368 e. The molecule has 0 saturated carbocycles. The molecule has 0 aliphatic rings. The Morgan fingerprint density at radius 3 is 2.45 bits per heavy atom. The van der Waals surface area contributed by atoms with Crippen molar-refractivity contribution in [2.75, 3.05) is 16.4 Å². The zero-order valence-corrected chi connectivity index (χ0v) is 16.1. The van der Waals surface area contributed by atoms with E-state index in [1.807, 2.05) is 42.5 Å². The van der Waals surface area contributed by atoms with E-state index >= 15 is 0 Å². The van der Waals surface area contributed by atoms with E-state index in [4.69, 9.17) is 5.73 Å². The molecule has 0 aliphatic carbocycles. The van der Waals surface area contributed by atoms with Gasteiger partial charge in [-0.25, -0.2) is 9.97 Å². The van der Waals surface area contributed by atoms with Crippen molar-refractivity contribution >= 4 is 29.1 Å². The third-order valence-electron chi connectivity index (χ3n) is 4.30. The molecule has 0 spiro atoms. The van der Waals surface area contributed by atoms with Crippen LogP contribution in [0.15, 0.2) is 67.0 Å². The zero-order chi connectivity index (χ0) is 20.1. The topological polar surface area (TPSA) is 107 Å². The summed E-state index contributed by atoms with van der Waals surface area (Å²) in [5.74, 6) is 1.80. The smallest absolute Gasteiger partial charge is 0.248 e. The van der Waals surface area contributed by atoms with Gasteiger partial charge in [-0.15, -0.1) is 5.10 Å². The molecule has 8 heteroatoms. The molecule has 2 aromatic heterocycles. The van der Waals surface area contributed by atoms with Crippen LogP contribution in [0.5, 0.6) is 0 Å². The molecule has 0 bridgehead atoms. The molecule has 0 saturated heterocycles. The summed E-state index contributed by atoms with van der Waals surface area (Å²) in [5.41, 5.74) is 9.19. The van der Waals surface area contributed by atoms with Crippen molar-refractivity contribution in [2.24, 2.45) is 0 Å². The lowest BCUT2D eigenvalue weighted by Gasteiger charge is -2.07. The predicted molar refractivity (Wildman–Crippen MR) is 115 cm³/mol. The summed E-state index contributed by atoms with van der Waals surface area (Å²) in [6.45, 7) is 2.17. The number of hydrogen-bond donors (Lipinski definition) is 3. The second-order valence-corrected chi connectivity index (χ2v) is 6.53. The average molecular weight is 386 g/mol. The summed E-state index contributed by atoms with van der Waals surface area (Å²) in [6, 6.07) is 19.7. The molecule has 2 heterocycles. The molecular formula is C21H22N8. The van der Waals surface area contributed by atoms with E-state index in [1.165, 1.54) is 16.6 Å². The quantitative estimate of drug-likeness (QED) is 0.439. The number of aromatic nitrogens is 5. The first-order valence-corrected chi connectivity index (χ1v) is 9.44. The molecule has 0 fully saturated rings. The van der Waals surface area contributed by atoms with Gasteiger partial charge in [-0.05, 0) is 36.2 Å². The van der Waals surface area contributed by atoms with Gasteiger partial charge in [0.05, 0.1) is 0 Å². The Morgan fingerprint density at radius 1 is 0.931 bits per heavy atom. The Bertz CT molecular complexity index is 1070. The van der Waals surface area contributed by atoms with E-state index in [1.54, 1.807) is 6.07 Å². The number of nitrogens with zero attached hydrogens (tertiary/aromatic N) is 5. The molecule has 146 valence electrons. The monoisotopic (exact) mass is 386 g/mol. The summed E-state index contributed by atoms with van der Waals surface area (Å²) >= 11 is 0. The predicted octanol–water partition coefficient (Wildman–Crippen LogP) is 4.08. The van der Waals surface area contributed by atoms with Crippen molar-refractivity contribution < 1.29 is 0 Å². The van der Waals surface area contributed by atoms with E-state index < -0.39 is 0 Å². The van der Waals surface area contributed by atoms with Gasteiger partial charge < -0.3 is 16.4 Å². The van der Waals surface area contributed by atoms with Crippen LogP contribution >= 0.6 is 0 Å². The number of hydrogen-bond acceptors (Lipinski definition) is 7. The Balaban J connectivity index is 1.52. The molecule has 0 atom stereocenters. The second-order valence-electron chi connectivity index (χ2n) is 6.53. The Labute approximate surface area is 168 Å². The van der Waals surface area contributed by atoms with Crippen LogP contribution in [0.25, 0.3) is 5.82 Å². The molecule has 4 aromatic rings. The first kappa shape index (κ1) is 18.4. The van der Waals surface area contributed by atoms with E-state index in [-0.39, 0.29) is 5.95 Å². The molecule has 0 aliphatic heterocycles. The lowest BCUT2D eigenvalue weighted by Crippen LogP contribution is -2.06. The summed E-state index contributed by atoms with van der Waals surface area (Å²) in [4.78, 5) is 12.8. The molecular weight excluding hydrogens is 364 g/mol. The molecule has 0 unspecified atom stereocenters. The molecule has 0 radical (unpaired) electrons. The molecule has 4 rings (SSSR count). The number of nitrogen functional groups attached to an aromatic ring is 1. The van der Waals surface area contributed by atoms with E-state index in [0.717, 1.165) is 24.2 Å². The highest BCUT2D eigenvalue weighted by Gasteiger charge is 2.11. The highest BCUT2D eigenvalue weighted by Crippen LogP contribution is 2.20. The van der Waals surface area contributed by atoms with Gasteiger partial charge >= 0.3 is 0 Å². The lowest BCUT2D eigenvalue weighted by molar-refractivity contribution is 0.852. The van der Waals surface area contributed by atoms with Crippen LogP contribution in [-0.4, -0.2) is 24.7 Å². The average Bonchev–Trinajstić information content (AvgIpc) is 3.11. The van der Waals surface area contributed by atoms with Gasteiger partial charge in [-0.1, -0.05) is 43.7 Å². The van der Waals surface area contributed by atoms with Gasteiger partial charge in [-0.2, -0.15) is 9.67 Å².